The van der Waals surface area contributed by atoms with Gasteiger partial charge in [-0.3, -0.25) is 9.48 Å². The van der Waals surface area contributed by atoms with Crippen molar-refractivity contribution >= 4 is 26.5 Å². The lowest BCUT2D eigenvalue weighted by Crippen LogP contribution is -2.52. The van der Waals surface area contributed by atoms with Crippen molar-refractivity contribution in [1.82, 2.24) is 29.7 Å². The van der Waals surface area contributed by atoms with Crippen LogP contribution in [0.5, 0.6) is 0 Å². The Morgan fingerprint density at radius 2 is 1.92 bits per heavy atom. The van der Waals surface area contributed by atoms with Crippen LogP contribution in [0, 0.1) is 30.4 Å². The molecule has 0 bridgehead atoms. The molecule has 5 heterocycles. The van der Waals surface area contributed by atoms with Crippen LogP contribution in [-0.4, -0.2) is 66.0 Å². The van der Waals surface area contributed by atoms with E-state index in [1.165, 1.54) is 13.6 Å². The second kappa shape index (κ2) is 13.0. The number of fused-ring (bicyclic) bond motifs is 2. The number of hydrogen-bond donors (Lipinski definition) is 3. The summed E-state index contributed by atoms with van der Waals surface area (Å²) in [7, 11) is 1.27. The fourth-order valence-corrected chi connectivity index (χ4v) is 7.49. The van der Waals surface area contributed by atoms with Crippen molar-refractivity contribution < 1.29 is 41.0 Å². The van der Waals surface area contributed by atoms with Crippen LogP contribution in [-0.2, 0) is 45.9 Å². The number of alkyl halides is 4. The number of hydrogen-bond acceptors (Lipinski definition) is 7. The number of ether oxygens (including phenoxy) is 1. The molecule has 0 spiro atoms. The van der Waals surface area contributed by atoms with E-state index in [0.717, 1.165) is 12.1 Å². The molecule has 1 amide bonds. The lowest BCUT2D eigenvalue weighted by molar-refractivity contribution is -0.140. The first-order valence-electron chi connectivity index (χ1n) is 16.5. The highest BCUT2D eigenvalue weighted by Crippen LogP contribution is 2.47. The van der Waals surface area contributed by atoms with E-state index in [1.807, 2.05) is 0 Å². The topological polar surface area (TPSA) is 139 Å². The van der Waals surface area contributed by atoms with Gasteiger partial charge < -0.3 is 15.2 Å². The molecule has 11 nitrogen and oxygen atoms in total. The van der Waals surface area contributed by atoms with E-state index in [-0.39, 0.29) is 55.0 Å². The number of benzene rings is 1. The van der Waals surface area contributed by atoms with Gasteiger partial charge in [-0.15, -0.1) is 0 Å². The van der Waals surface area contributed by atoms with Gasteiger partial charge in [0.25, 0.3) is 5.92 Å². The van der Waals surface area contributed by atoms with Crippen molar-refractivity contribution in [3.63, 3.8) is 0 Å². The highest BCUT2D eigenvalue weighted by atomic mass is 31.0. The highest BCUT2D eigenvalue weighted by molar-refractivity contribution is 7.17. The minimum atomic E-state index is -3.65. The summed E-state index contributed by atoms with van der Waals surface area (Å²) in [6, 6.07) is 4.88. The summed E-state index contributed by atoms with van der Waals surface area (Å²) in [6.07, 6.45) is 0.482. The number of aryl methyl sites for hydroxylation is 1. The molecule has 3 aliphatic rings. The van der Waals surface area contributed by atoms with E-state index in [1.54, 1.807) is 32.1 Å². The average molecular weight is 760 g/mol. The summed E-state index contributed by atoms with van der Waals surface area (Å²) >= 11 is 0. The Bertz CT molecular complexity index is 2330. The minimum Gasteiger partial charge on any atom is -0.373 e. The highest BCUT2D eigenvalue weighted by Gasteiger charge is 2.49. The van der Waals surface area contributed by atoms with Crippen LogP contribution in [0.25, 0.3) is 5.65 Å². The average Bonchev–Trinajstić information content (AvgIpc) is 3.72. The molecule has 1 aromatic carbocycles. The van der Waals surface area contributed by atoms with Gasteiger partial charge in [-0.1, -0.05) is 21.2 Å². The number of nitrogens with one attached hydrogen (secondary N) is 2. The van der Waals surface area contributed by atoms with Crippen LogP contribution in [0.4, 0.5) is 26.3 Å². The summed E-state index contributed by atoms with van der Waals surface area (Å²) in [6.45, 7) is 2.51. The number of aromatic amines is 1. The fourth-order valence-electron chi connectivity index (χ4n) is 7.25. The van der Waals surface area contributed by atoms with Crippen molar-refractivity contribution in [1.29, 1.82) is 0 Å². The van der Waals surface area contributed by atoms with E-state index in [9.17, 15) is 32.3 Å². The van der Waals surface area contributed by atoms with Crippen LogP contribution in [0.15, 0.2) is 51.9 Å². The number of pyridine rings is 1. The molecule has 4 aromatic rings. The maximum Gasteiger partial charge on any atom is 0.347 e. The Hall–Kier alpha value is -4.78. The van der Waals surface area contributed by atoms with Crippen molar-refractivity contribution in [3.05, 3.63) is 98.0 Å². The van der Waals surface area contributed by atoms with Crippen molar-refractivity contribution in [2.75, 3.05) is 13.2 Å². The van der Waals surface area contributed by atoms with E-state index in [2.05, 4.69) is 32.5 Å². The molecule has 3 aromatic heterocycles. The number of aliphatic hydroxyl groups is 1. The molecule has 278 valence electrons. The Balaban J connectivity index is 1.34. The molecule has 1 aliphatic carbocycles. The van der Waals surface area contributed by atoms with Crippen LogP contribution in [0.2, 0.25) is 0 Å². The monoisotopic (exact) mass is 759 g/mol. The third kappa shape index (κ3) is 6.79. The number of carbonyl (C=O) groups is 1. The molecular weight excluding hydrogens is 727 g/mol. The lowest BCUT2D eigenvalue weighted by Gasteiger charge is -2.38. The van der Waals surface area contributed by atoms with Crippen molar-refractivity contribution in [3.8, 4) is 11.8 Å². The van der Waals surface area contributed by atoms with E-state index in [4.69, 9.17) is 9.73 Å². The maximum atomic E-state index is 15.0. The predicted octanol–water partition coefficient (Wildman–Crippen LogP) is 3.95. The number of allylic oxidation sites excluding steroid dienone is 2. The van der Waals surface area contributed by atoms with Crippen LogP contribution in [0.3, 0.4) is 0 Å². The maximum absolute atomic E-state index is 15.0. The molecule has 2 aliphatic heterocycles. The van der Waals surface area contributed by atoms with Gasteiger partial charge in [-0.25, -0.2) is 28.1 Å². The Labute approximate surface area is 299 Å². The fraction of sp³-hybridized carbons (Fsp3) is 0.400. The lowest BCUT2D eigenvalue weighted by atomic mass is 9.70. The van der Waals surface area contributed by atoms with E-state index >= 15 is 8.78 Å². The first kappa shape index (κ1) is 36.6. The number of rotatable bonds is 8. The molecule has 3 N–H and O–H groups in total. The summed E-state index contributed by atoms with van der Waals surface area (Å²) in [5.74, 6) is -0.706. The van der Waals surface area contributed by atoms with Gasteiger partial charge in [0, 0.05) is 29.2 Å². The third-order valence-electron chi connectivity index (χ3n) is 9.75. The second-order valence-corrected chi connectivity index (χ2v) is 14.4. The smallest absolute Gasteiger partial charge is 0.347 e. The number of aromatic nitrogens is 5. The van der Waals surface area contributed by atoms with Crippen LogP contribution < -0.4 is 11.0 Å². The van der Waals surface area contributed by atoms with Gasteiger partial charge in [0.1, 0.15) is 35.3 Å². The largest absolute Gasteiger partial charge is 0.373 e. The quantitative estimate of drug-likeness (QED) is 0.141. The van der Waals surface area contributed by atoms with E-state index in [0.29, 0.717) is 27.7 Å². The predicted molar refractivity (Wildman–Crippen MR) is 182 cm³/mol. The van der Waals surface area contributed by atoms with E-state index < -0.39 is 76.2 Å². The molecular formula is C35H32F6N7O4P. The summed E-state index contributed by atoms with van der Waals surface area (Å²) in [4.78, 5) is 31.4. The second-order valence-electron chi connectivity index (χ2n) is 13.7. The van der Waals surface area contributed by atoms with Crippen LogP contribution in [0.1, 0.15) is 53.5 Å². The van der Waals surface area contributed by atoms with Gasteiger partial charge in [0.15, 0.2) is 11.2 Å². The van der Waals surface area contributed by atoms with Gasteiger partial charge in [-0.05, 0) is 74.4 Å². The zero-order chi connectivity index (χ0) is 38.1. The number of nitrogens with zero attached hydrogens (tertiary/aromatic N) is 5. The zero-order valence-electron chi connectivity index (χ0n) is 28.2. The zero-order valence-corrected chi connectivity index (χ0v) is 29.4. The Kier molecular flexibility index (Phi) is 8.94. The summed E-state index contributed by atoms with van der Waals surface area (Å²) in [5, 5.41) is 23.4. The Morgan fingerprint density at radius 3 is 2.58 bits per heavy atom. The Morgan fingerprint density at radius 1 is 1.21 bits per heavy atom. The van der Waals surface area contributed by atoms with Gasteiger partial charge >= 0.3 is 11.4 Å². The molecule has 3 atom stereocenters. The molecule has 0 saturated carbocycles. The van der Waals surface area contributed by atoms with Gasteiger partial charge in [0.2, 0.25) is 5.91 Å². The van der Waals surface area contributed by atoms with Crippen LogP contribution >= 0.6 is 9.24 Å². The van der Waals surface area contributed by atoms with Gasteiger partial charge in [-0.2, -0.15) is 27.8 Å². The third-order valence-corrected chi connectivity index (χ3v) is 10.0. The number of carbonyl (C=O) groups excluding carboxylic acids is 1. The standard InChI is InChI=1S/C35H32F6N7O4P/c1-18-24(3-4-26-44-45-31(50)48(18)26)32(2)8-5-22(6-9-33(51)16-52-17-33)42-29(32)25(13-19-11-20(36)14-21(37)12-19)43-27(49)15-47-30-23(7-10-34(30,38)39)28(46-47)35(40,41)53/h3-5,11-12,14,25,51H,7-8,10,13,15-17,53H2,1-2H3,(H,43,49)(H,45,50)/t25-,32?/m0/s1. The first-order valence-corrected chi connectivity index (χ1v) is 17.0. The van der Waals surface area contributed by atoms with Crippen molar-refractivity contribution in [2.45, 2.75) is 74.7 Å². The number of H-pyrrole nitrogens is 1. The normalized spacial score (nSPS) is 20.9. The van der Waals surface area contributed by atoms with Gasteiger partial charge in [0.05, 0.1) is 25.0 Å². The molecule has 53 heavy (non-hydrogen) atoms. The molecule has 1 fully saturated rings. The molecule has 2 unspecified atom stereocenters. The number of amides is 1. The summed E-state index contributed by atoms with van der Waals surface area (Å²) in [5.41, 5.74) is -6.93. The number of halogens is 6. The first-order chi connectivity index (χ1) is 24.9. The minimum absolute atomic E-state index is 0.0232. The summed E-state index contributed by atoms with van der Waals surface area (Å²) < 4.78 is 94.9. The SMILES string of the molecule is Cc1c(C2(C)CC=C(C#CC3(O)COC3)N=C2[C@H](Cc2cc(F)cc(F)c2)NC(=O)Cn2nc(C(F)(F)P)c3c2C(F)(F)CC3)ccc2n[nH]c(=O)n12. The van der Waals surface area contributed by atoms with Crippen molar-refractivity contribution in [2.24, 2.45) is 4.99 Å². The molecule has 0 radical (unpaired) electrons. The molecule has 7 rings (SSSR count). The molecule has 18 heteroatoms. The number of aliphatic imine (C=N–C) groups is 1. The molecule has 1 saturated heterocycles.